The summed E-state index contributed by atoms with van der Waals surface area (Å²) in [7, 11) is -5.74. The molecule has 0 saturated carbocycles. The van der Waals surface area contributed by atoms with E-state index in [2.05, 4.69) is 5.32 Å². The molecule has 0 aliphatic carbocycles. The third-order valence-electron chi connectivity index (χ3n) is 7.24. The minimum atomic E-state index is -3.69. The van der Waals surface area contributed by atoms with Crippen molar-refractivity contribution < 1.29 is 26.4 Å². The van der Waals surface area contributed by atoms with Crippen LogP contribution >= 0.6 is 0 Å². The lowest BCUT2D eigenvalue weighted by molar-refractivity contribution is -0.120. The van der Waals surface area contributed by atoms with Gasteiger partial charge in [0.1, 0.15) is 5.75 Å². The molecule has 208 valence electrons. The van der Waals surface area contributed by atoms with E-state index in [9.17, 15) is 21.6 Å². The van der Waals surface area contributed by atoms with E-state index in [-0.39, 0.29) is 28.8 Å². The monoisotopic (exact) mass is 563 g/mol. The molecule has 2 heterocycles. The normalized spacial score (nSPS) is 19.7. The third-order valence-corrected chi connectivity index (χ3v) is 11.1. The fraction of sp³-hybridized carbons (Fsp3) is 0.519. The highest BCUT2D eigenvalue weighted by atomic mass is 32.2. The van der Waals surface area contributed by atoms with E-state index in [1.807, 2.05) is 30.3 Å². The second kappa shape index (κ2) is 12.6. The number of hydrogen-bond donors (Lipinski definition) is 1. The minimum Gasteiger partial charge on any atom is -0.495 e. The molecule has 2 aliphatic rings. The van der Waals surface area contributed by atoms with E-state index in [1.165, 1.54) is 33.9 Å². The highest BCUT2D eigenvalue weighted by Gasteiger charge is 2.33. The van der Waals surface area contributed by atoms with Crippen molar-refractivity contribution in [1.29, 1.82) is 0 Å². The highest BCUT2D eigenvalue weighted by molar-refractivity contribution is 7.89. The molecule has 1 atom stereocenters. The SMILES string of the molecule is COc1ccc(S(=O)(=O)N2CCCCC2)cc1NC(=O)[C@H]1CCCN(S(=O)(=O)CCCc2ccccc2)C1. The maximum atomic E-state index is 13.2. The number of benzene rings is 2. The largest absolute Gasteiger partial charge is 0.495 e. The molecule has 1 amide bonds. The van der Waals surface area contributed by atoms with Gasteiger partial charge in [-0.2, -0.15) is 4.31 Å². The first-order valence-electron chi connectivity index (χ1n) is 13.2. The summed E-state index contributed by atoms with van der Waals surface area (Å²) in [5.74, 6) is -0.516. The molecule has 1 N–H and O–H groups in total. The average molecular weight is 564 g/mol. The van der Waals surface area contributed by atoms with Crippen LogP contribution in [0, 0.1) is 5.92 Å². The van der Waals surface area contributed by atoms with Gasteiger partial charge < -0.3 is 10.1 Å². The summed E-state index contributed by atoms with van der Waals surface area (Å²) in [5.41, 5.74) is 1.36. The number of nitrogens with zero attached hydrogens (tertiary/aromatic N) is 2. The van der Waals surface area contributed by atoms with Crippen molar-refractivity contribution in [3.8, 4) is 5.75 Å². The molecule has 2 fully saturated rings. The Hall–Kier alpha value is -2.47. The van der Waals surface area contributed by atoms with Crippen molar-refractivity contribution in [2.24, 2.45) is 5.92 Å². The van der Waals surface area contributed by atoms with Gasteiger partial charge in [-0.1, -0.05) is 36.8 Å². The topological polar surface area (TPSA) is 113 Å². The van der Waals surface area contributed by atoms with Gasteiger partial charge in [-0.3, -0.25) is 4.79 Å². The number of hydrogen-bond acceptors (Lipinski definition) is 6. The van der Waals surface area contributed by atoms with Gasteiger partial charge in [0.25, 0.3) is 0 Å². The molecule has 0 spiro atoms. The molecule has 0 aromatic heterocycles. The molecular weight excluding hydrogens is 526 g/mol. The second-order valence-electron chi connectivity index (χ2n) is 9.92. The van der Waals surface area contributed by atoms with Crippen LogP contribution in [0.3, 0.4) is 0 Å². The van der Waals surface area contributed by atoms with Gasteiger partial charge in [-0.05, 0) is 62.3 Å². The Labute approximate surface area is 226 Å². The third kappa shape index (κ3) is 6.93. The first kappa shape index (κ1) is 28.5. The molecule has 0 radical (unpaired) electrons. The molecule has 38 heavy (non-hydrogen) atoms. The van der Waals surface area contributed by atoms with Crippen LogP contribution in [0.25, 0.3) is 0 Å². The van der Waals surface area contributed by atoms with E-state index >= 15 is 0 Å². The molecule has 0 bridgehead atoms. The number of carbonyl (C=O) groups excluding carboxylic acids is 1. The van der Waals surface area contributed by atoms with Gasteiger partial charge >= 0.3 is 0 Å². The summed E-state index contributed by atoms with van der Waals surface area (Å²) in [6, 6.07) is 14.2. The summed E-state index contributed by atoms with van der Waals surface area (Å²) in [5, 5.41) is 2.81. The number of carbonyl (C=O) groups is 1. The van der Waals surface area contributed by atoms with Gasteiger partial charge in [0.15, 0.2) is 0 Å². The predicted molar refractivity (Wildman–Crippen MR) is 147 cm³/mol. The second-order valence-corrected chi connectivity index (χ2v) is 13.9. The first-order chi connectivity index (χ1) is 18.2. The van der Waals surface area contributed by atoms with Crippen LogP contribution in [0.5, 0.6) is 5.75 Å². The lowest BCUT2D eigenvalue weighted by Crippen LogP contribution is -2.44. The van der Waals surface area contributed by atoms with E-state index < -0.39 is 26.0 Å². The zero-order valence-corrected chi connectivity index (χ0v) is 23.5. The smallest absolute Gasteiger partial charge is 0.243 e. The summed E-state index contributed by atoms with van der Waals surface area (Å²) < 4.78 is 60.6. The highest BCUT2D eigenvalue weighted by Crippen LogP contribution is 2.31. The number of piperidine rings is 2. The summed E-state index contributed by atoms with van der Waals surface area (Å²) in [6.45, 7) is 1.46. The lowest BCUT2D eigenvalue weighted by atomic mass is 9.98. The fourth-order valence-electron chi connectivity index (χ4n) is 5.08. The van der Waals surface area contributed by atoms with Crippen molar-refractivity contribution in [1.82, 2.24) is 8.61 Å². The minimum absolute atomic E-state index is 0.0282. The zero-order valence-electron chi connectivity index (χ0n) is 21.8. The van der Waals surface area contributed by atoms with Gasteiger partial charge in [0, 0.05) is 26.2 Å². The Morgan fingerprint density at radius 2 is 1.66 bits per heavy atom. The van der Waals surface area contributed by atoms with Crippen LogP contribution in [0.15, 0.2) is 53.4 Å². The number of amides is 1. The van der Waals surface area contributed by atoms with E-state index in [0.29, 0.717) is 51.1 Å². The quantitative estimate of drug-likeness (QED) is 0.474. The number of ether oxygens (including phenoxy) is 1. The molecule has 11 heteroatoms. The number of anilines is 1. The molecular formula is C27H37N3O6S2. The molecule has 4 rings (SSSR count). The molecule has 2 aliphatic heterocycles. The molecule has 9 nitrogen and oxygen atoms in total. The van der Waals surface area contributed by atoms with Crippen LogP contribution in [0.4, 0.5) is 5.69 Å². The van der Waals surface area contributed by atoms with Crippen molar-refractivity contribution in [2.45, 2.75) is 49.8 Å². The van der Waals surface area contributed by atoms with Crippen LogP contribution in [0.2, 0.25) is 0 Å². The molecule has 2 aromatic rings. The number of sulfonamides is 2. The van der Waals surface area contributed by atoms with Crippen molar-refractivity contribution in [2.75, 3.05) is 44.4 Å². The first-order valence-corrected chi connectivity index (χ1v) is 16.3. The van der Waals surface area contributed by atoms with Crippen molar-refractivity contribution in [3.05, 3.63) is 54.1 Å². The standard InChI is InChI=1S/C27H37N3O6S2/c1-36-26-15-14-24(38(34,35)29-16-6-3-7-17-29)20-25(26)28-27(31)23-13-8-18-30(21-23)37(32,33)19-9-12-22-10-4-2-5-11-22/h2,4-5,10-11,14-15,20,23H,3,6-9,12-13,16-19,21H2,1H3,(H,28,31)/t23-/m0/s1. The maximum absolute atomic E-state index is 13.2. The van der Waals surface area contributed by atoms with Crippen molar-refractivity contribution in [3.63, 3.8) is 0 Å². The van der Waals surface area contributed by atoms with Crippen molar-refractivity contribution >= 4 is 31.6 Å². The summed E-state index contributed by atoms with van der Waals surface area (Å²) in [6.07, 6.45) is 4.98. The van der Waals surface area contributed by atoms with Gasteiger partial charge in [0.2, 0.25) is 26.0 Å². The van der Waals surface area contributed by atoms with Crippen LogP contribution in [-0.2, 0) is 31.3 Å². The summed E-state index contributed by atoms with van der Waals surface area (Å²) >= 11 is 0. The van der Waals surface area contributed by atoms with E-state index in [0.717, 1.165) is 24.8 Å². The fourth-order valence-corrected chi connectivity index (χ4v) is 8.20. The molecule has 0 unspecified atom stereocenters. The zero-order chi connectivity index (χ0) is 27.2. The van der Waals surface area contributed by atoms with E-state index in [1.54, 1.807) is 0 Å². The Morgan fingerprint density at radius 3 is 2.37 bits per heavy atom. The molecule has 2 aromatic carbocycles. The molecule has 2 saturated heterocycles. The van der Waals surface area contributed by atoms with Gasteiger partial charge in [0.05, 0.1) is 29.4 Å². The number of methoxy groups -OCH3 is 1. The van der Waals surface area contributed by atoms with Gasteiger partial charge in [-0.25, -0.2) is 21.1 Å². The van der Waals surface area contributed by atoms with Crippen LogP contribution in [-0.4, -0.2) is 70.4 Å². The Kier molecular flexibility index (Phi) is 9.45. The van der Waals surface area contributed by atoms with Crippen LogP contribution in [0.1, 0.15) is 44.1 Å². The Morgan fingerprint density at radius 1 is 0.947 bits per heavy atom. The maximum Gasteiger partial charge on any atom is 0.243 e. The summed E-state index contributed by atoms with van der Waals surface area (Å²) in [4.78, 5) is 13.3. The Balaban J connectivity index is 1.41. The van der Waals surface area contributed by atoms with E-state index in [4.69, 9.17) is 4.74 Å². The average Bonchev–Trinajstić information content (AvgIpc) is 2.94. The number of nitrogens with one attached hydrogen (secondary N) is 1. The van der Waals surface area contributed by atoms with Gasteiger partial charge in [-0.15, -0.1) is 0 Å². The number of rotatable bonds is 10. The van der Waals surface area contributed by atoms with Crippen LogP contribution < -0.4 is 10.1 Å². The Bertz CT molecular complexity index is 1310. The number of aryl methyl sites for hydroxylation is 1. The predicted octanol–water partition coefficient (Wildman–Crippen LogP) is 3.48. The lowest BCUT2D eigenvalue weighted by Gasteiger charge is -2.31.